The number of halogens is 3. The van der Waals surface area contributed by atoms with Gasteiger partial charge in [0, 0.05) is 29.6 Å². The van der Waals surface area contributed by atoms with Gasteiger partial charge in [0.15, 0.2) is 5.82 Å². The summed E-state index contributed by atoms with van der Waals surface area (Å²) in [4.78, 5) is 36.6. The summed E-state index contributed by atoms with van der Waals surface area (Å²) in [7, 11) is -4.59. The predicted octanol–water partition coefficient (Wildman–Crippen LogP) is 1.87. The van der Waals surface area contributed by atoms with E-state index in [1.165, 1.54) is 35.8 Å². The number of nitrogens with zero attached hydrogens (tertiary/aromatic N) is 5. The zero-order valence-electron chi connectivity index (χ0n) is 21.8. The van der Waals surface area contributed by atoms with Gasteiger partial charge in [-0.05, 0) is 6.07 Å². The Bertz CT molecular complexity index is 1380. The second kappa shape index (κ2) is 13.9. The van der Waals surface area contributed by atoms with E-state index in [0.717, 1.165) is 24.7 Å². The third kappa shape index (κ3) is 9.01. The van der Waals surface area contributed by atoms with Gasteiger partial charge < -0.3 is 29.1 Å². The fourth-order valence-electron chi connectivity index (χ4n) is 3.75. The van der Waals surface area contributed by atoms with Crippen LogP contribution in [0.1, 0.15) is 37.3 Å². The number of benzene rings is 1. The van der Waals surface area contributed by atoms with Crippen molar-refractivity contribution in [1.82, 2.24) is 19.7 Å². The minimum Gasteiger partial charge on any atom is -0.432 e. The monoisotopic (exact) mass is 606 g/mol. The first kappa shape index (κ1) is 32.0. The van der Waals surface area contributed by atoms with E-state index in [1.54, 1.807) is 0 Å². The fraction of sp³-hybridized carbons (Fsp3) is 0.435. The van der Waals surface area contributed by atoms with E-state index in [4.69, 9.17) is 24.0 Å². The molecule has 224 valence electrons. The lowest BCUT2D eigenvalue weighted by Crippen LogP contribution is -2.41. The van der Waals surface area contributed by atoms with Crippen LogP contribution in [-0.2, 0) is 35.4 Å². The molecule has 0 fully saturated rings. The maximum atomic E-state index is 14.9. The number of carbonyl (C=O) groups excluding carboxylic acids is 1. The standard InChI is InChI=1S/C23H27F3N5O9P/c1-15(21-20(26)10-27-12-28-21)23(33,18-4-3-17(24)9-19(18)25)11-31-14-30(13-29-31)16(2)40-22(32)38-7-5-37-6-8-39-41(34,35)36/h3-4,9-10,12-16,33H,5-8,11H2,1-2H3,(H-,34,35,36)/p+1/t15-,16?,23?/m0/s1. The molecule has 2 aromatic heterocycles. The maximum absolute atomic E-state index is 14.9. The molecular weight excluding hydrogens is 578 g/mol. The molecular formula is C23H28F3N5O9P+. The molecule has 3 N–H and O–H groups in total. The first-order valence-electron chi connectivity index (χ1n) is 12.0. The average molecular weight is 606 g/mol. The maximum Gasteiger partial charge on any atom is 0.511 e. The lowest BCUT2D eigenvalue weighted by atomic mass is 9.79. The van der Waals surface area contributed by atoms with Crippen LogP contribution in [0, 0.1) is 17.5 Å². The molecule has 3 atom stereocenters. The number of phosphoric ester groups is 1. The van der Waals surface area contributed by atoms with Gasteiger partial charge in [-0.3, -0.25) is 4.52 Å². The molecule has 14 nitrogen and oxygen atoms in total. The topological polar surface area (TPSA) is 179 Å². The van der Waals surface area contributed by atoms with Gasteiger partial charge in [0.25, 0.3) is 6.33 Å². The summed E-state index contributed by atoms with van der Waals surface area (Å²) in [5, 5.41) is 15.8. The third-order valence-corrected chi connectivity index (χ3v) is 6.36. The van der Waals surface area contributed by atoms with Crippen molar-refractivity contribution in [3.05, 3.63) is 72.1 Å². The summed E-state index contributed by atoms with van der Waals surface area (Å²) < 4.78 is 75.3. The van der Waals surface area contributed by atoms with Crippen molar-refractivity contribution in [2.24, 2.45) is 0 Å². The van der Waals surface area contributed by atoms with Crippen LogP contribution in [0.4, 0.5) is 18.0 Å². The first-order chi connectivity index (χ1) is 19.3. The van der Waals surface area contributed by atoms with E-state index >= 15 is 0 Å². The number of rotatable bonds is 14. The molecule has 41 heavy (non-hydrogen) atoms. The number of phosphoric acid groups is 1. The molecule has 3 rings (SSSR count). The smallest absolute Gasteiger partial charge is 0.432 e. The molecule has 18 heteroatoms. The van der Waals surface area contributed by atoms with Crippen LogP contribution in [0.5, 0.6) is 0 Å². The number of aliphatic hydroxyl groups is 1. The molecule has 0 aliphatic rings. The van der Waals surface area contributed by atoms with Crippen LogP contribution >= 0.6 is 7.82 Å². The molecule has 3 aromatic rings. The molecule has 2 heterocycles. The largest absolute Gasteiger partial charge is 0.511 e. The second-order valence-electron chi connectivity index (χ2n) is 8.67. The number of ether oxygens (including phenoxy) is 3. The van der Waals surface area contributed by atoms with Gasteiger partial charge in [-0.25, -0.2) is 32.5 Å². The minimum absolute atomic E-state index is 0.0945. The highest BCUT2D eigenvalue weighted by Gasteiger charge is 2.43. The van der Waals surface area contributed by atoms with Gasteiger partial charge in [-0.15, -0.1) is 4.68 Å². The SMILES string of the molecule is CC(OC(=O)OCCOCCOP(=O)(O)O)[n+]1cnn(CC(O)(c2ccc(F)cc2F)[C@@H](C)c2ncncc2F)c1. The Kier molecular flexibility index (Phi) is 10.9. The summed E-state index contributed by atoms with van der Waals surface area (Å²) in [6.45, 7) is 1.64. The van der Waals surface area contributed by atoms with E-state index < -0.39 is 55.7 Å². The van der Waals surface area contributed by atoms with Crippen LogP contribution in [-0.4, -0.2) is 67.2 Å². The van der Waals surface area contributed by atoms with Crippen molar-refractivity contribution in [2.75, 3.05) is 26.4 Å². The second-order valence-corrected chi connectivity index (χ2v) is 9.91. The van der Waals surface area contributed by atoms with Crippen LogP contribution in [0.25, 0.3) is 0 Å². The summed E-state index contributed by atoms with van der Waals surface area (Å²) in [5.74, 6) is -3.93. The summed E-state index contributed by atoms with van der Waals surface area (Å²) >= 11 is 0. The Balaban J connectivity index is 1.65. The molecule has 0 saturated carbocycles. The van der Waals surface area contributed by atoms with Crippen molar-refractivity contribution < 1.29 is 60.7 Å². The quantitative estimate of drug-likeness (QED) is 0.105. The third-order valence-electron chi connectivity index (χ3n) is 5.84. The van der Waals surface area contributed by atoms with Crippen LogP contribution < -0.4 is 4.57 Å². The van der Waals surface area contributed by atoms with Gasteiger partial charge in [0.1, 0.15) is 36.7 Å². The molecule has 0 aliphatic heterocycles. The predicted molar refractivity (Wildman–Crippen MR) is 129 cm³/mol. The molecule has 0 spiro atoms. The van der Waals surface area contributed by atoms with Gasteiger partial charge in [0.05, 0.1) is 31.7 Å². The molecule has 0 saturated heterocycles. The molecule has 0 amide bonds. The lowest BCUT2D eigenvalue weighted by Gasteiger charge is -2.32. The highest BCUT2D eigenvalue weighted by Crippen LogP contribution is 2.39. The Morgan fingerprint density at radius 1 is 1.15 bits per heavy atom. The highest BCUT2D eigenvalue weighted by molar-refractivity contribution is 7.46. The number of hydrogen-bond acceptors (Lipinski definition) is 10. The van der Waals surface area contributed by atoms with E-state index in [1.807, 2.05) is 0 Å². The minimum atomic E-state index is -4.59. The van der Waals surface area contributed by atoms with Crippen molar-refractivity contribution >= 4 is 14.0 Å². The Labute approximate surface area is 231 Å². The zero-order valence-corrected chi connectivity index (χ0v) is 22.7. The van der Waals surface area contributed by atoms with Crippen molar-refractivity contribution in [1.29, 1.82) is 0 Å². The average Bonchev–Trinajstić information content (AvgIpc) is 3.35. The van der Waals surface area contributed by atoms with Gasteiger partial charge in [-0.1, -0.05) is 13.0 Å². The Morgan fingerprint density at radius 3 is 2.56 bits per heavy atom. The molecule has 2 unspecified atom stereocenters. The molecule has 0 bridgehead atoms. The van der Waals surface area contributed by atoms with E-state index in [2.05, 4.69) is 19.6 Å². The van der Waals surface area contributed by atoms with Crippen LogP contribution in [0.2, 0.25) is 0 Å². The van der Waals surface area contributed by atoms with Crippen molar-refractivity contribution in [3.8, 4) is 0 Å². The Morgan fingerprint density at radius 2 is 1.88 bits per heavy atom. The summed E-state index contributed by atoms with van der Waals surface area (Å²) in [6, 6.07) is 2.60. The van der Waals surface area contributed by atoms with E-state index in [0.29, 0.717) is 6.07 Å². The fourth-order valence-corrected chi connectivity index (χ4v) is 4.07. The van der Waals surface area contributed by atoms with E-state index in [-0.39, 0.29) is 37.7 Å². The normalized spacial score (nSPS) is 14.7. The Hall–Kier alpha value is -3.47. The molecule has 0 radical (unpaired) electrons. The van der Waals surface area contributed by atoms with E-state index in [9.17, 15) is 27.6 Å². The van der Waals surface area contributed by atoms with Gasteiger partial charge in [-0.2, -0.15) is 4.57 Å². The zero-order chi connectivity index (χ0) is 30.2. The summed E-state index contributed by atoms with van der Waals surface area (Å²) in [5.41, 5.74) is -2.70. The van der Waals surface area contributed by atoms with Crippen LogP contribution in [0.15, 0.2) is 43.4 Å². The van der Waals surface area contributed by atoms with Crippen LogP contribution in [0.3, 0.4) is 0 Å². The van der Waals surface area contributed by atoms with Gasteiger partial charge in [0.2, 0.25) is 12.6 Å². The van der Waals surface area contributed by atoms with Crippen molar-refractivity contribution in [3.63, 3.8) is 0 Å². The lowest BCUT2D eigenvalue weighted by molar-refractivity contribution is -0.754. The number of carbonyl (C=O) groups is 1. The van der Waals surface area contributed by atoms with Gasteiger partial charge >= 0.3 is 14.0 Å². The number of hydrogen-bond donors (Lipinski definition) is 3. The van der Waals surface area contributed by atoms with Crippen molar-refractivity contribution in [2.45, 2.75) is 38.1 Å². The molecule has 0 aliphatic carbocycles. The highest BCUT2D eigenvalue weighted by atomic mass is 31.2. The summed E-state index contributed by atoms with van der Waals surface area (Å²) in [6.07, 6.45) is 2.53. The number of aromatic nitrogens is 5. The first-order valence-corrected chi connectivity index (χ1v) is 13.5. The molecule has 1 aromatic carbocycles.